The van der Waals surface area contributed by atoms with E-state index in [2.05, 4.69) is 14.9 Å². The molecule has 0 radical (unpaired) electrons. The summed E-state index contributed by atoms with van der Waals surface area (Å²) in [5.41, 5.74) is 0. The summed E-state index contributed by atoms with van der Waals surface area (Å²) in [7, 11) is -3.57. The van der Waals surface area contributed by atoms with Gasteiger partial charge in [-0.3, -0.25) is 0 Å². The number of aromatic nitrogens is 2. The molecule has 0 aliphatic rings. The minimum Gasteiger partial charge on any atom is -0.339 e. The Bertz CT molecular complexity index is 879. The molecule has 3 heterocycles. The zero-order chi connectivity index (χ0) is 15.7. The monoisotopic (exact) mass is 355 g/mol. The van der Waals surface area contributed by atoms with Crippen molar-refractivity contribution in [3.8, 4) is 10.7 Å². The summed E-state index contributed by atoms with van der Waals surface area (Å²) in [5.74, 6) is 0.853. The molecule has 0 aliphatic heterocycles. The molecule has 0 bridgehead atoms. The number of hydrogen-bond donors (Lipinski definition) is 1. The van der Waals surface area contributed by atoms with E-state index in [9.17, 15) is 8.42 Å². The van der Waals surface area contributed by atoms with Gasteiger partial charge in [0.1, 0.15) is 0 Å². The molecule has 3 aromatic heterocycles. The van der Waals surface area contributed by atoms with E-state index in [0.717, 1.165) is 4.88 Å². The standard InChI is InChI=1S/C13H13N3O3S3/c1-8-12(6-11(21-8)13-15-9(2)19-16-13)22(17,18)14-7-10-4-3-5-20-10/h3-6,14H,7H2,1-2H3. The number of nitrogens with one attached hydrogen (secondary N) is 1. The minimum atomic E-state index is -3.57. The lowest BCUT2D eigenvalue weighted by Gasteiger charge is -2.04. The van der Waals surface area contributed by atoms with Crippen molar-refractivity contribution in [2.45, 2.75) is 25.3 Å². The van der Waals surface area contributed by atoms with Gasteiger partial charge in [-0.05, 0) is 24.4 Å². The van der Waals surface area contributed by atoms with Gasteiger partial charge in [-0.1, -0.05) is 11.2 Å². The molecule has 22 heavy (non-hydrogen) atoms. The Morgan fingerprint density at radius 3 is 2.82 bits per heavy atom. The molecule has 0 saturated carbocycles. The smallest absolute Gasteiger partial charge is 0.242 e. The maximum absolute atomic E-state index is 12.4. The molecular weight excluding hydrogens is 342 g/mol. The summed E-state index contributed by atoms with van der Waals surface area (Å²) in [6.45, 7) is 3.74. The molecule has 0 spiro atoms. The van der Waals surface area contributed by atoms with E-state index < -0.39 is 10.0 Å². The zero-order valence-corrected chi connectivity index (χ0v) is 14.3. The van der Waals surface area contributed by atoms with Gasteiger partial charge in [0.2, 0.25) is 21.7 Å². The van der Waals surface area contributed by atoms with Crippen molar-refractivity contribution in [2.24, 2.45) is 0 Å². The van der Waals surface area contributed by atoms with Gasteiger partial charge in [-0.25, -0.2) is 13.1 Å². The van der Waals surface area contributed by atoms with Gasteiger partial charge >= 0.3 is 0 Å². The van der Waals surface area contributed by atoms with Crippen LogP contribution in [0.2, 0.25) is 0 Å². The zero-order valence-electron chi connectivity index (χ0n) is 11.9. The van der Waals surface area contributed by atoms with Crippen molar-refractivity contribution in [1.82, 2.24) is 14.9 Å². The van der Waals surface area contributed by atoms with Gasteiger partial charge in [-0.2, -0.15) is 4.98 Å². The molecule has 3 rings (SSSR count). The summed E-state index contributed by atoms with van der Waals surface area (Å²) in [6.07, 6.45) is 0. The van der Waals surface area contributed by atoms with Gasteiger partial charge < -0.3 is 4.52 Å². The van der Waals surface area contributed by atoms with Crippen LogP contribution in [0, 0.1) is 13.8 Å². The van der Waals surface area contributed by atoms with Crippen LogP contribution in [-0.2, 0) is 16.6 Å². The summed E-state index contributed by atoms with van der Waals surface area (Å²) >= 11 is 2.84. The van der Waals surface area contributed by atoms with Gasteiger partial charge in [0, 0.05) is 23.2 Å². The van der Waals surface area contributed by atoms with Crippen LogP contribution in [0.15, 0.2) is 33.0 Å². The van der Waals surface area contributed by atoms with E-state index >= 15 is 0 Å². The lowest BCUT2D eigenvalue weighted by Crippen LogP contribution is -2.22. The predicted molar refractivity (Wildman–Crippen MR) is 85.4 cm³/mol. The van der Waals surface area contributed by atoms with E-state index in [1.807, 2.05) is 17.5 Å². The first-order valence-electron chi connectivity index (χ1n) is 6.39. The third-order valence-electron chi connectivity index (χ3n) is 2.93. The fourth-order valence-corrected chi connectivity index (χ4v) is 5.16. The van der Waals surface area contributed by atoms with Gasteiger partial charge in [0.05, 0.1) is 9.77 Å². The van der Waals surface area contributed by atoms with Crippen molar-refractivity contribution in [2.75, 3.05) is 0 Å². The molecule has 0 saturated heterocycles. The second kappa shape index (κ2) is 5.92. The van der Waals surface area contributed by atoms with Crippen molar-refractivity contribution < 1.29 is 12.9 Å². The molecule has 0 unspecified atom stereocenters. The lowest BCUT2D eigenvalue weighted by atomic mass is 10.4. The van der Waals surface area contributed by atoms with Crippen LogP contribution in [0.4, 0.5) is 0 Å². The van der Waals surface area contributed by atoms with Crippen LogP contribution >= 0.6 is 22.7 Å². The average molecular weight is 355 g/mol. The Hall–Kier alpha value is -1.55. The molecule has 9 heteroatoms. The van der Waals surface area contributed by atoms with Gasteiger partial charge in [0.25, 0.3) is 0 Å². The van der Waals surface area contributed by atoms with Crippen molar-refractivity contribution in [1.29, 1.82) is 0 Å². The van der Waals surface area contributed by atoms with Crippen LogP contribution < -0.4 is 4.72 Å². The Morgan fingerprint density at radius 1 is 1.36 bits per heavy atom. The first-order valence-corrected chi connectivity index (χ1v) is 9.57. The summed E-state index contributed by atoms with van der Waals surface area (Å²) in [5, 5.41) is 5.73. The molecule has 6 nitrogen and oxygen atoms in total. The third-order valence-corrected chi connectivity index (χ3v) is 6.51. The minimum absolute atomic E-state index is 0.256. The van der Waals surface area contributed by atoms with Crippen LogP contribution in [0.25, 0.3) is 10.7 Å². The molecule has 0 aromatic carbocycles. The van der Waals surface area contributed by atoms with Crippen LogP contribution in [-0.4, -0.2) is 18.6 Å². The van der Waals surface area contributed by atoms with E-state index in [1.54, 1.807) is 19.9 Å². The molecule has 0 fully saturated rings. The number of thiophene rings is 2. The van der Waals surface area contributed by atoms with Crippen LogP contribution in [0.3, 0.4) is 0 Å². The molecule has 1 N–H and O–H groups in total. The largest absolute Gasteiger partial charge is 0.339 e. The molecule has 116 valence electrons. The highest BCUT2D eigenvalue weighted by atomic mass is 32.2. The lowest BCUT2D eigenvalue weighted by molar-refractivity contribution is 0.394. The Balaban J connectivity index is 1.86. The third kappa shape index (κ3) is 3.12. The summed E-state index contributed by atoms with van der Waals surface area (Å²) in [6, 6.07) is 5.36. The van der Waals surface area contributed by atoms with Gasteiger partial charge in [0.15, 0.2) is 0 Å². The van der Waals surface area contributed by atoms with E-state index in [1.165, 1.54) is 22.7 Å². The highest BCUT2D eigenvalue weighted by Gasteiger charge is 2.22. The molecule has 3 aromatic rings. The number of rotatable bonds is 5. The number of hydrogen-bond acceptors (Lipinski definition) is 7. The summed E-state index contributed by atoms with van der Waals surface area (Å²) in [4.78, 5) is 6.71. The molecule has 0 atom stereocenters. The average Bonchev–Trinajstić information content (AvgIpc) is 3.17. The van der Waals surface area contributed by atoms with Crippen LogP contribution in [0.1, 0.15) is 15.6 Å². The van der Waals surface area contributed by atoms with E-state index in [-0.39, 0.29) is 11.4 Å². The topological polar surface area (TPSA) is 85.1 Å². The highest BCUT2D eigenvalue weighted by molar-refractivity contribution is 7.89. The predicted octanol–water partition coefficient (Wildman–Crippen LogP) is 2.95. The quantitative estimate of drug-likeness (QED) is 0.760. The van der Waals surface area contributed by atoms with Crippen LogP contribution in [0.5, 0.6) is 0 Å². The fourth-order valence-electron chi connectivity index (χ4n) is 1.90. The molecule has 0 aliphatic carbocycles. The van der Waals surface area contributed by atoms with Crippen molar-refractivity contribution >= 4 is 32.7 Å². The number of sulfonamides is 1. The normalized spacial score (nSPS) is 11.9. The maximum Gasteiger partial charge on any atom is 0.242 e. The molecular formula is C13H13N3O3S3. The van der Waals surface area contributed by atoms with Crippen molar-refractivity contribution in [3.05, 3.63) is 39.2 Å². The Labute approximate surface area is 135 Å². The second-order valence-corrected chi connectivity index (χ2v) is 8.60. The summed E-state index contributed by atoms with van der Waals surface area (Å²) < 4.78 is 32.4. The first kappa shape index (κ1) is 15.3. The fraction of sp³-hybridized carbons (Fsp3) is 0.231. The Kier molecular flexibility index (Phi) is 4.13. The highest BCUT2D eigenvalue weighted by Crippen LogP contribution is 2.32. The van der Waals surface area contributed by atoms with Crippen molar-refractivity contribution in [3.63, 3.8) is 0 Å². The number of aryl methyl sites for hydroxylation is 2. The Morgan fingerprint density at radius 2 is 2.18 bits per heavy atom. The maximum atomic E-state index is 12.4. The van der Waals surface area contributed by atoms with E-state index in [0.29, 0.717) is 21.5 Å². The molecule has 0 amide bonds. The number of nitrogens with zero attached hydrogens (tertiary/aromatic N) is 2. The second-order valence-electron chi connectivity index (χ2n) is 4.57. The SMILES string of the molecule is Cc1nc(-c2cc(S(=O)(=O)NCc3cccs3)c(C)s2)no1. The first-order chi connectivity index (χ1) is 10.5. The van der Waals surface area contributed by atoms with E-state index in [4.69, 9.17) is 4.52 Å². The van der Waals surface area contributed by atoms with Gasteiger partial charge in [-0.15, -0.1) is 22.7 Å².